The Morgan fingerprint density at radius 3 is 2.38 bits per heavy atom. The van der Waals surface area contributed by atoms with Gasteiger partial charge in [0.25, 0.3) is 5.92 Å². The summed E-state index contributed by atoms with van der Waals surface area (Å²) in [5.74, 6) is -2.84. The molecule has 29 heavy (non-hydrogen) atoms. The first kappa shape index (κ1) is 23.3. The van der Waals surface area contributed by atoms with Crippen LogP contribution in [0.5, 0.6) is 0 Å². The van der Waals surface area contributed by atoms with Crippen LogP contribution in [0, 0.1) is 5.92 Å². The number of likely N-dealkylation sites (tertiary alicyclic amines) is 1. The first-order valence-corrected chi connectivity index (χ1v) is 10.1. The lowest BCUT2D eigenvalue weighted by atomic mass is 9.82. The molecule has 8 nitrogen and oxygen atoms in total. The van der Waals surface area contributed by atoms with E-state index in [1.807, 2.05) is 0 Å². The number of nitrogens with two attached hydrogens (primary N) is 1. The molecule has 0 radical (unpaired) electrons. The van der Waals surface area contributed by atoms with Gasteiger partial charge in [-0.25, -0.2) is 13.6 Å². The van der Waals surface area contributed by atoms with Crippen LogP contribution < -0.4 is 5.73 Å². The minimum absolute atomic E-state index is 0.0867. The van der Waals surface area contributed by atoms with Crippen molar-refractivity contribution in [1.82, 2.24) is 14.7 Å². The largest absolute Gasteiger partial charge is 0.448 e. The number of carbonyl (C=O) groups excluding carboxylic acids is 3. The van der Waals surface area contributed by atoms with Crippen LogP contribution >= 0.6 is 0 Å². The monoisotopic (exact) mass is 418 g/mol. The minimum atomic E-state index is -2.78. The van der Waals surface area contributed by atoms with Gasteiger partial charge in [0.2, 0.25) is 12.3 Å². The van der Waals surface area contributed by atoms with Crippen LogP contribution in [0.25, 0.3) is 0 Å². The molecular weight excluding hydrogens is 386 g/mol. The molecule has 2 heterocycles. The Morgan fingerprint density at radius 1 is 1.31 bits per heavy atom. The first-order valence-electron chi connectivity index (χ1n) is 10.1. The number of alkyl halides is 2. The summed E-state index contributed by atoms with van der Waals surface area (Å²) in [6, 6.07) is -0.502. The molecule has 0 unspecified atom stereocenters. The van der Waals surface area contributed by atoms with Crippen molar-refractivity contribution < 1.29 is 27.9 Å². The summed E-state index contributed by atoms with van der Waals surface area (Å²) in [4.78, 5) is 37.7. The van der Waals surface area contributed by atoms with Gasteiger partial charge in [-0.3, -0.25) is 9.59 Å². The molecular formula is C19H32F2N4O4. The highest BCUT2D eigenvalue weighted by molar-refractivity contribution is 5.82. The molecule has 3 fully saturated rings. The van der Waals surface area contributed by atoms with Crippen molar-refractivity contribution in [2.75, 3.05) is 40.3 Å². The quantitative estimate of drug-likeness (QED) is 0.679. The summed E-state index contributed by atoms with van der Waals surface area (Å²) >= 11 is 0. The lowest BCUT2D eigenvalue weighted by Gasteiger charge is -2.34. The lowest BCUT2D eigenvalue weighted by molar-refractivity contribution is -0.133. The lowest BCUT2D eigenvalue weighted by Crippen LogP contribution is -2.45. The molecule has 1 aliphatic carbocycles. The Hall–Kier alpha value is -1.97. The van der Waals surface area contributed by atoms with Gasteiger partial charge in [0.05, 0.1) is 19.1 Å². The van der Waals surface area contributed by atoms with Crippen molar-refractivity contribution in [3.63, 3.8) is 0 Å². The van der Waals surface area contributed by atoms with Crippen molar-refractivity contribution in [2.24, 2.45) is 11.7 Å². The zero-order valence-corrected chi connectivity index (χ0v) is 17.2. The fourth-order valence-corrected chi connectivity index (χ4v) is 4.05. The van der Waals surface area contributed by atoms with Crippen molar-refractivity contribution in [3.05, 3.63) is 0 Å². The molecule has 1 atom stereocenters. The number of nitrogens with zero attached hydrogens (tertiary/aromatic N) is 3. The van der Waals surface area contributed by atoms with Gasteiger partial charge in [-0.1, -0.05) is 0 Å². The molecule has 10 heteroatoms. The third-order valence-electron chi connectivity index (χ3n) is 5.65. The molecule has 3 amide bonds. The van der Waals surface area contributed by atoms with Gasteiger partial charge in [0.1, 0.15) is 6.61 Å². The van der Waals surface area contributed by atoms with Crippen LogP contribution in [-0.4, -0.2) is 91.5 Å². The van der Waals surface area contributed by atoms with E-state index in [4.69, 9.17) is 10.5 Å². The molecule has 1 saturated carbocycles. The highest BCUT2D eigenvalue weighted by Crippen LogP contribution is 2.32. The number of carbonyl (C=O) groups is 3. The summed E-state index contributed by atoms with van der Waals surface area (Å²) in [6.45, 7) is 0.681. The van der Waals surface area contributed by atoms with E-state index in [0.29, 0.717) is 25.5 Å². The summed E-state index contributed by atoms with van der Waals surface area (Å²) in [5, 5.41) is 0. The van der Waals surface area contributed by atoms with E-state index >= 15 is 0 Å². The van der Waals surface area contributed by atoms with Crippen LogP contribution in [0.2, 0.25) is 0 Å². The average Bonchev–Trinajstić information content (AvgIpc) is 3.27. The van der Waals surface area contributed by atoms with E-state index in [2.05, 4.69) is 0 Å². The first-order chi connectivity index (χ1) is 13.6. The number of ether oxygens (including phenoxy) is 1. The number of hydrogen-bond donors (Lipinski definition) is 1. The summed E-state index contributed by atoms with van der Waals surface area (Å²) in [6.07, 6.45) is 4.31. The topological polar surface area (TPSA) is 96.2 Å². The van der Waals surface area contributed by atoms with E-state index in [1.54, 1.807) is 19.0 Å². The summed E-state index contributed by atoms with van der Waals surface area (Å²) < 4.78 is 31.4. The van der Waals surface area contributed by atoms with Gasteiger partial charge in [-0.2, -0.15) is 0 Å². The maximum Gasteiger partial charge on any atom is 0.410 e. The van der Waals surface area contributed by atoms with Gasteiger partial charge in [-0.05, 0) is 38.0 Å². The van der Waals surface area contributed by atoms with Gasteiger partial charge >= 0.3 is 6.09 Å². The predicted molar refractivity (Wildman–Crippen MR) is 102 cm³/mol. The molecule has 3 aliphatic rings. The highest BCUT2D eigenvalue weighted by Gasteiger charge is 2.42. The van der Waals surface area contributed by atoms with Crippen molar-refractivity contribution in [2.45, 2.75) is 56.5 Å². The van der Waals surface area contributed by atoms with Crippen molar-refractivity contribution in [3.8, 4) is 0 Å². The summed E-state index contributed by atoms with van der Waals surface area (Å²) in [7, 11) is 3.38. The van der Waals surface area contributed by atoms with Crippen LogP contribution in [0.3, 0.4) is 0 Å². The molecule has 166 valence electrons. The fraction of sp³-hybridized carbons (Fsp3) is 0.842. The zero-order valence-electron chi connectivity index (χ0n) is 17.2. The number of amides is 3. The van der Waals surface area contributed by atoms with Gasteiger partial charge in [-0.15, -0.1) is 0 Å². The SMILES string of the molecule is CN(C)C=O.N[C@@H](CC1CCC(N2CCOC2=O)CC1)C(=O)N1CCC(F)(F)C1. The van der Waals surface area contributed by atoms with E-state index in [9.17, 15) is 23.2 Å². The van der Waals surface area contributed by atoms with Gasteiger partial charge in [0, 0.05) is 33.1 Å². The molecule has 0 aromatic heterocycles. The van der Waals surface area contributed by atoms with Crippen LogP contribution in [0.4, 0.5) is 13.6 Å². The maximum absolute atomic E-state index is 13.2. The van der Waals surface area contributed by atoms with Gasteiger partial charge in [0.15, 0.2) is 0 Å². The Morgan fingerprint density at radius 2 is 1.93 bits per heavy atom. The average molecular weight is 418 g/mol. The number of hydrogen-bond acceptors (Lipinski definition) is 5. The smallest absolute Gasteiger partial charge is 0.410 e. The normalized spacial score (nSPS) is 27.0. The molecule has 0 spiro atoms. The van der Waals surface area contributed by atoms with E-state index in [0.717, 1.165) is 32.1 Å². The Labute approximate surface area is 170 Å². The highest BCUT2D eigenvalue weighted by atomic mass is 19.3. The molecule has 3 rings (SSSR count). The van der Waals surface area contributed by atoms with Crippen molar-refractivity contribution in [1.29, 1.82) is 0 Å². The Bertz CT molecular complexity index is 583. The van der Waals surface area contributed by atoms with Crippen LogP contribution in [-0.2, 0) is 14.3 Å². The predicted octanol–water partition coefficient (Wildman–Crippen LogP) is 1.29. The second kappa shape index (κ2) is 10.2. The van der Waals surface area contributed by atoms with Crippen LogP contribution in [0.15, 0.2) is 0 Å². The second-order valence-electron chi connectivity index (χ2n) is 8.26. The zero-order chi connectivity index (χ0) is 21.6. The van der Waals surface area contributed by atoms with E-state index < -0.39 is 18.5 Å². The molecule has 2 saturated heterocycles. The summed E-state index contributed by atoms with van der Waals surface area (Å²) in [5.41, 5.74) is 5.97. The standard InChI is InChI=1S/C16H25F2N3O3.C3H7NO/c17-16(18)5-6-20(10-16)14(22)13(19)9-11-1-3-12(4-2-11)21-7-8-24-15(21)23;1-4(2)3-5/h11-13H,1-10,19H2;3H,1-2H3/t11?,12?,13-;/m0./s1. The van der Waals surface area contributed by atoms with Gasteiger partial charge < -0.3 is 25.2 Å². The molecule has 2 N–H and O–H groups in total. The van der Waals surface area contributed by atoms with Crippen LogP contribution in [0.1, 0.15) is 38.5 Å². The second-order valence-corrected chi connectivity index (χ2v) is 8.26. The molecule has 2 aliphatic heterocycles. The molecule has 0 aromatic rings. The molecule has 0 bridgehead atoms. The Kier molecular flexibility index (Phi) is 8.18. The Balaban J connectivity index is 0.000000537. The van der Waals surface area contributed by atoms with Crippen molar-refractivity contribution >= 4 is 18.4 Å². The number of cyclic esters (lactones) is 1. The van der Waals surface area contributed by atoms with E-state index in [-0.39, 0.29) is 31.0 Å². The minimum Gasteiger partial charge on any atom is -0.448 e. The number of halogens is 2. The number of rotatable bonds is 5. The third-order valence-corrected chi connectivity index (χ3v) is 5.65. The third kappa shape index (κ3) is 6.80. The fourth-order valence-electron chi connectivity index (χ4n) is 4.05. The van der Waals surface area contributed by atoms with E-state index in [1.165, 1.54) is 9.80 Å². The maximum atomic E-state index is 13.2. The molecule has 0 aromatic carbocycles.